The smallest absolute Gasteiger partial charge is 0.383 e. The quantitative estimate of drug-likeness (QED) is 0.459. The van der Waals surface area contributed by atoms with Gasteiger partial charge in [0.25, 0.3) is 0 Å². The van der Waals surface area contributed by atoms with Crippen molar-refractivity contribution < 1.29 is 14.1 Å². The number of carbonyl (C=O) groups excluding carboxylic acids is 1. The SMILES string of the molecule is NC(=O)NNc1ccc([N+](=O)[O-])o1. The van der Waals surface area contributed by atoms with Crippen LogP contribution in [-0.4, -0.2) is 11.0 Å². The summed E-state index contributed by atoms with van der Waals surface area (Å²) in [6, 6.07) is 1.61. The maximum Gasteiger partial charge on any atom is 0.434 e. The standard InChI is InChI=1S/C5H6N4O4/c6-5(10)8-7-3-1-2-4(13-3)9(11)12/h1-2,7H,(H3,6,8,10). The van der Waals surface area contributed by atoms with E-state index in [9.17, 15) is 14.9 Å². The zero-order valence-corrected chi connectivity index (χ0v) is 6.31. The van der Waals surface area contributed by atoms with Gasteiger partial charge in [-0.25, -0.2) is 10.2 Å². The van der Waals surface area contributed by atoms with E-state index < -0.39 is 16.8 Å². The highest BCUT2D eigenvalue weighted by atomic mass is 16.6. The maximum atomic E-state index is 10.2. The number of carbonyl (C=O) groups is 1. The Kier molecular flexibility index (Phi) is 2.33. The van der Waals surface area contributed by atoms with Crippen LogP contribution in [0.2, 0.25) is 0 Å². The number of furan rings is 1. The Morgan fingerprint density at radius 2 is 2.31 bits per heavy atom. The van der Waals surface area contributed by atoms with Crippen LogP contribution in [0.5, 0.6) is 0 Å². The molecule has 0 radical (unpaired) electrons. The number of urea groups is 1. The lowest BCUT2D eigenvalue weighted by molar-refractivity contribution is -0.401. The third kappa shape index (κ3) is 2.36. The predicted molar refractivity (Wildman–Crippen MR) is 41.7 cm³/mol. The summed E-state index contributed by atoms with van der Waals surface area (Å²) in [6.45, 7) is 0. The Morgan fingerprint density at radius 1 is 1.62 bits per heavy atom. The number of hydrogen-bond donors (Lipinski definition) is 3. The van der Waals surface area contributed by atoms with Gasteiger partial charge in [0.1, 0.15) is 4.92 Å². The lowest BCUT2D eigenvalue weighted by atomic mass is 10.6. The summed E-state index contributed by atoms with van der Waals surface area (Å²) in [7, 11) is 0. The summed E-state index contributed by atoms with van der Waals surface area (Å²) in [5, 5.41) is 10.1. The number of nitrogens with two attached hydrogens (primary N) is 1. The average molecular weight is 186 g/mol. The predicted octanol–water partition coefficient (Wildman–Crippen LogP) is 0.183. The molecule has 0 bridgehead atoms. The Morgan fingerprint density at radius 3 is 2.77 bits per heavy atom. The molecule has 0 aliphatic heterocycles. The first-order valence-electron chi connectivity index (χ1n) is 3.15. The molecule has 1 aromatic heterocycles. The number of primary amides is 1. The van der Waals surface area contributed by atoms with Crippen molar-refractivity contribution in [2.24, 2.45) is 5.73 Å². The maximum absolute atomic E-state index is 10.2. The lowest BCUT2D eigenvalue weighted by Crippen LogP contribution is -2.33. The van der Waals surface area contributed by atoms with Gasteiger partial charge in [-0.05, 0) is 0 Å². The van der Waals surface area contributed by atoms with Crippen molar-refractivity contribution in [1.29, 1.82) is 0 Å². The molecular formula is C5H6N4O4. The minimum absolute atomic E-state index is 0.0329. The van der Waals surface area contributed by atoms with E-state index in [1.54, 1.807) is 0 Å². The zero-order valence-electron chi connectivity index (χ0n) is 6.31. The van der Waals surface area contributed by atoms with Crippen LogP contribution in [0.15, 0.2) is 16.5 Å². The third-order valence-electron chi connectivity index (χ3n) is 1.08. The van der Waals surface area contributed by atoms with Crippen molar-refractivity contribution in [1.82, 2.24) is 5.43 Å². The van der Waals surface area contributed by atoms with Gasteiger partial charge in [-0.1, -0.05) is 0 Å². The molecule has 2 amide bonds. The van der Waals surface area contributed by atoms with Crippen LogP contribution in [0.4, 0.5) is 16.6 Å². The van der Waals surface area contributed by atoms with Crippen molar-refractivity contribution in [2.75, 3.05) is 5.43 Å². The Hall–Kier alpha value is -2.25. The number of amides is 2. The fourth-order valence-corrected chi connectivity index (χ4v) is 0.616. The van der Waals surface area contributed by atoms with Gasteiger partial charge in [0, 0.05) is 6.07 Å². The fourth-order valence-electron chi connectivity index (χ4n) is 0.616. The highest BCUT2D eigenvalue weighted by Gasteiger charge is 2.11. The van der Waals surface area contributed by atoms with Crippen LogP contribution in [0.1, 0.15) is 0 Å². The molecule has 0 unspecified atom stereocenters. The minimum Gasteiger partial charge on any atom is -0.383 e. The Balaban J connectivity index is 2.59. The van der Waals surface area contributed by atoms with Gasteiger partial charge >= 0.3 is 11.9 Å². The van der Waals surface area contributed by atoms with Crippen LogP contribution in [-0.2, 0) is 0 Å². The summed E-state index contributed by atoms with van der Waals surface area (Å²) in [5.41, 5.74) is 8.93. The summed E-state index contributed by atoms with van der Waals surface area (Å²) in [5.74, 6) is -0.390. The second kappa shape index (κ2) is 3.43. The second-order valence-corrected chi connectivity index (χ2v) is 2.01. The normalized spacial score (nSPS) is 9.23. The van der Waals surface area contributed by atoms with Crippen molar-refractivity contribution in [3.8, 4) is 0 Å². The lowest BCUT2D eigenvalue weighted by Gasteiger charge is -1.99. The molecule has 0 spiro atoms. The topological polar surface area (TPSA) is 123 Å². The largest absolute Gasteiger partial charge is 0.434 e. The molecule has 8 nitrogen and oxygen atoms in total. The Bertz CT molecular complexity index is 333. The van der Waals surface area contributed by atoms with E-state index in [-0.39, 0.29) is 5.88 Å². The molecule has 8 heteroatoms. The van der Waals surface area contributed by atoms with E-state index in [4.69, 9.17) is 5.73 Å². The van der Waals surface area contributed by atoms with Crippen LogP contribution in [0, 0.1) is 10.1 Å². The summed E-state index contributed by atoms with van der Waals surface area (Å²) < 4.78 is 4.62. The number of rotatable bonds is 3. The van der Waals surface area contributed by atoms with Gasteiger partial charge in [0.15, 0.2) is 0 Å². The van der Waals surface area contributed by atoms with Crippen molar-refractivity contribution in [3.05, 3.63) is 22.2 Å². The Labute approximate surface area is 71.8 Å². The van der Waals surface area contributed by atoms with E-state index >= 15 is 0 Å². The van der Waals surface area contributed by atoms with Gasteiger partial charge in [-0.2, -0.15) is 0 Å². The molecular weight excluding hydrogens is 180 g/mol. The number of nitrogens with zero attached hydrogens (tertiary/aromatic N) is 1. The molecule has 0 saturated heterocycles. The highest BCUT2D eigenvalue weighted by molar-refractivity contribution is 5.72. The first kappa shape index (κ1) is 8.84. The van der Waals surface area contributed by atoms with E-state index in [1.165, 1.54) is 6.07 Å². The zero-order chi connectivity index (χ0) is 9.84. The molecule has 13 heavy (non-hydrogen) atoms. The molecule has 0 atom stereocenters. The summed E-state index contributed by atoms with van der Waals surface area (Å²) >= 11 is 0. The first-order valence-corrected chi connectivity index (χ1v) is 3.15. The van der Waals surface area contributed by atoms with Gasteiger partial charge in [-0.3, -0.25) is 15.5 Å². The molecule has 70 valence electrons. The minimum atomic E-state index is -0.820. The first-order chi connectivity index (χ1) is 6.09. The molecule has 4 N–H and O–H groups in total. The van der Waals surface area contributed by atoms with E-state index in [0.29, 0.717) is 0 Å². The van der Waals surface area contributed by atoms with Gasteiger partial charge in [-0.15, -0.1) is 0 Å². The molecule has 1 heterocycles. The summed E-state index contributed by atoms with van der Waals surface area (Å²) in [6.07, 6.45) is 0. The molecule has 0 fully saturated rings. The number of anilines is 1. The van der Waals surface area contributed by atoms with Crippen LogP contribution in [0.25, 0.3) is 0 Å². The van der Waals surface area contributed by atoms with Crippen molar-refractivity contribution in [2.45, 2.75) is 0 Å². The number of nitrogens with one attached hydrogen (secondary N) is 2. The molecule has 0 aromatic carbocycles. The second-order valence-electron chi connectivity index (χ2n) is 2.01. The van der Waals surface area contributed by atoms with E-state index in [0.717, 1.165) is 6.07 Å². The van der Waals surface area contributed by atoms with Crippen molar-refractivity contribution in [3.63, 3.8) is 0 Å². The monoisotopic (exact) mass is 186 g/mol. The van der Waals surface area contributed by atoms with Gasteiger partial charge < -0.3 is 10.2 Å². The molecule has 1 aromatic rings. The van der Waals surface area contributed by atoms with Crippen LogP contribution in [0.3, 0.4) is 0 Å². The third-order valence-corrected chi connectivity index (χ3v) is 1.08. The van der Waals surface area contributed by atoms with Gasteiger partial charge in [0.05, 0.1) is 6.07 Å². The molecule has 0 saturated carbocycles. The van der Waals surface area contributed by atoms with Gasteiger partial charge in [0.2, 0.25) is 5.88 Å². The molecule has 0 aliphatic rings. The number of hydrogen-bond acceptors (Lipinski definition) is 5. The van der Waals surface area contributed by atoms with Crippen LogP contribution < -0.4 is 16.6 Å². The fraction of sp³-hybridized carbons (Fsp3) is 0. The van der Waals surface area contributed by atoms with Crippen molar-refractivity contribution >= 4 is 17.8 Å². The molecule has 0 aliphatic carbocycles. The van der Waals surface area contributed by atoms with E-state index in [2.05, 4.69) is 9.84 Å². The van der Waals surface area contributed by atoms with Crippen LogP contribution >= 0.6 is 0 Å². The highest BCUT2D eigenvalue weighted by Crippen LogP contribution is 2.18. The molecule has 1 rings (SSSR count). The number of hydrazine groups is 1. The average Bonchev–Trinajstić information content (AvgIpc) is 2.48. The summed E-state index contributed by atoms with van der Waals surface area (Å²) in [4.78, 5) is 19.6. The van der Waals surface area contributed by atoms with E-state index in [1.807, 2.05) is 5.43 Å². The number of nitro groups is 1.